The minimum absolute atomic E-state index is 0.0165. The Morgan fingerprint density at radius 3 is 2.83 bits per heavy atom. The van der Waals surface area contributed by atoms with Crippen LogP contribution in [0.4, 0.5) is 0 Å². The molecule has 0 saturated carbocycles. The Morgan fingerprint density at radius 2 is 2.22 bits per heavy atom. The maximum Gasteiger partial charge on any atom is 0.254 e. The number of likely N-dealkylation sites (tertiary alicyclic amines) is 1. The number of rotatable bonds is 2. The molecular formula is C14H18BrNO2. The van der Waals surface area contributed by atoms with Crippen molar-refractivity contribution in [3.05, 3.63) is 33.8 Å². The number of aryl methyl sites for hydroxylation is 1. The molecule has 1 aliphatic rings. The lowest BCUT2D eigenvalue weighted by molar-refractivity contribution is 0.0648. The first-order valence-electron chi connectivity index (χ1n) is 6.22. The van der Waals surface area contributed by atoms with Gasteiger partial charge < -0.3 is 10.0 Å². The van der Waals surface area contributed by atoms with Gasteiger partial charge in [0.05, 0.1) is 12.6 Å². The second-order valence-electron chi connectivity index (χ2n) is 5.03. The van der Waals surface area contributed by atoms with Crippen LogP contribution in [0.15, 0.2) is 22.7 Å². The van der Waals surface area contributed by atoms with Gasteiger partial charge in [0.15, 0.2) is 0 Å². The third-order valence-electron chi connectivity index (χ3n) is 3.62. The van der Waals surface area contributed by atoms with E-state index in [1.165, 1.54) is 0 Å². The Hall–Kier alpha value is -0.870. The van der Waals surface area contributed by atoms with Crippen molar-refractivity contribution in [1.82, 2.24) is 4.90 Å². The van der Waals surface area contributed by atoms with Crippen molar-refractivity contribution in [3.8, 4) is 0 Å². The van der Waals surface area contributed by atoms with Crippen LogP contribution in [-0.2, 0) is 0 Å². The van der Waals surface area contributed by atoms with Crippen molar-refractivity contribution in [2.75, 3.05) is 13.2 Å². The van der Waals surface area contributed by atoms with Gasteiger partial charge in [-0.25, -0.2) is 0 Å². The molecule has 1 saturated heterocycles. The second-order valence-corrected chi connectivity index (χ2v) is 5.95. The van der Waals surface area contributed by atoms with E-state index in [0.717, 1.165) is 23.0 Å². The van der Waals surface area contributed by atoms with E-state index in [9.17, 15) is 9.90 Å². The number of aliphatic hydroxyl groups is 1. The average molecular weight is 312 g/mol. The quantitative estimate of drug-likeness (QED) is 0.912. The van der Waals surface area contributed by atoms with Crippen molar-refractivity contribution >= 4 is 21.8 Å². The zero-order valence-electron chi connectivity index (χ0n) is 10.7. The summed E-state index contributed by atoms with van der Waals surface area (Å²) in [6, 6.07) is 5.67. The number of hydrogen-bond donors (Lipinski definition) is 1. The van der Waals surface area contributed by atoms with E-state index in [-0.39, 0.29) is 18.6 Å². The highest BCUT2D eigenvalue weighted by Gasteiger charge is 2.34. The fourth-order valence-corrected chi connectivity index (χ4v) is 3.17. The lowest BCUT2D eigenvalue weighted by Crippen LogP contribution is -2.39. The summed E-state index contributed by atoms with van der Waals surface area (Å²) in [6.07, 6.45) is 0.962. The van der Waals surface area contributed by atoms with Crippen LogP contribution in [0.25, 0.3) is 0 Å². The number of benzene rings is 1. The summed E-state index contributed by atoms with van der Waals surface area (Å²) >= 11 is 3.41. The first-order chi connectivity index (χ1) is 8.52. The molecule has 0 aromatic heterocycles. The van der Waals surface area contributed by atoms with Crippen LogP contribution >= 0.6 is 15.9 Å². The van der Waals surface area contributed by atoms with Gasteiger partial charge in [0.1, 0.15) is 0 Å². The molecule has 0 bridgehead atoms. The molecule has 1 amide bonds. The van der Waals surface area contributed by atoms with Crippen molar-refractivity contribution in [3.63, 3.8) is 0 Å². The predicted molar refractivity (Wildman–Crippen MR) is 74.6 cm³/mol. The molecule has 0 spiro atoms. The standard InChI is InChI=1S/C14H18BrNO2/c1-9-5-11(7-12(15)6-9)14(18)16-4-3-10(2)13(16)8-17/h5-7,10,13,17H,3-4,8H2,1-2H3. The van der Waals surface area contributed by atoms with Gasteiger partial charge in [-0.1, -0.05) is 22.9 Å². The van der Waals surface area contributed by atoms with Gasteiger partial charge in [0.25, 0.3) is 5.91 Å². The molecule has 18 heavy (non-hydrogen) atoms. The van der Waals surface area contributed by atoms with Crippen molar-refractivity contribution in [2.24, 2.45) is 5.92 Å². The van der Waals surface area contributed by atoms with Gasteiger partial charge in [-0.05, 0) is 43.0 Å². The number of carbonyl (C=O) groups excluding carboxylic acids is 1. The summed E-state index contributed by atoms with van der Waals surface area (Å²) < 4.78 is 0.915. The van der Waals surface area contributed by atoms with Gasteiger partial charge in [0.2, 0.25) is 0 Å². The molecule has 98 valence electrons. The van der Waals surface area contributed by atoms with Crippen LogP contribution in [0.5, 0.6) is 0 Å². The Labute approximate surface area is 116 Å². The van der Waals surface area contributed by atoms with Crippen molar-refractivity contribution < 1.29 is 9.90 Å². The van der Waals surface area contributed by atoms with Crippen molar-refractivity contribution in [2.45, 2.75) is 26.3 Å². The number of nitrogens with zero attached hydrogens (tertiary/aromatic N) is 1. The van der Waals surface area contributed by atoms with Gasteiger partial charge >= 0.3 is 0 Å². The number of carbonyl (C=O) groups is 1. The Kier molecular flexibility index (Phi) is 4.07. The molecule has 1 N–H and O–H groups in total. The number of aliphatic hydroxyl groups excluding tert-OH is 1. The largest absolute Gasteiger partial charge is 0.394 e. The van der Waals surface area contributed by atoms with E-state index in [4.69, 9.17) is 0 Å². The zero-order valence-corrected chi connectivity index (χ0v) is 12.3. The van der Waals surface area contributed by atoms with E-state index in [1.54, 1.807) is 4.90 Å². The molecule has 0 radical (unpaired) electrons. The smallest absolute Gasteiger partial charge is 0.254 e. The Balaban J connectivity index is 2.25. The summed E-state index contributed by atoms with van der Waals surface area (Å²) in [5, 5.41) is 9.41. The van der Waals surface area contributed by atoms with E-state index in [1.807, 2.05) is 25.1 Å². The molecular weight excluding hydrogens is 294 g/mol. The highest BCUT2D eigenvalue weighted by Crippen LogP contribution is 2.26. The van der Waals surface area contributed by atoms with E-state index in [0.29, 0.717) is 11.5 Å². The first-order valence-corrected chi connectivity index (χ1v) is 7.01. The lowest BCUT2D eigenvalue weighted by Gasteiger charge is -2.25. The second kappa shape index (κ2) is 5.41. The highest BCUT2D eigenvalue weighted by atomic mass is 79.9. The molecule has 1 fully saturated rings. The highest BCUT2D eigenvalue weighted by molar-refractivity contribution is 9.10. The molecule has 3 nitrogen and oxygen atoms in total. The summed E-state index contributed by atoms with van der Waals surface area (Å²) in [7, 11) is 0. The summed E-state index contributed by atoms with van der Waals surface area (Å²) in [5.74, 6) is 0.384. The van der Waals surface area contributed by atoms with Crippen LogP contribution < -0.4 is 0 Å². The fraction of sp³-hybridized carbons (Fsp3) is 0.500. The van der Waals surface area contributed by atoms with Gasteiger partial charge in [-0.3, -0.25) is 4.79 Å². The predicted octanol–water partition coefficient (Wildman–Crippen LogP) is 2.60. The molecule has 2 atom stereocenters. The van der Waals surface area contributed by atoms with Crippen LogP contribution in [0.2, 0.25) is 0 Å². The van der Waals surface area contributed by atoms with Crippen LogP contribution in [0.3, 0.4) is 0 Å². The number of amides is 1. The molecule has 1 heterocycles. The maximum absolute atomic E-state index is 12.5. The summed E-state index contributed by atoms with van der Waals surface area (Å²) in [5.41, 5.74) is 1.75. The van der Waals surface area contributed by atoms with E-state index in [2.05, 4.69) is 22.9 Å². The van der Waals surface area contributed by atoms with Gasteiger partial charge in [-0.2, -0.15) is 0 Å². The van der Waals surface area contributed by atoms with Gasteiger partial charge in [-0.15, -0.1) is 0 Å². The number of hydrogen-bond acceptors (Lipinski definition) is 2. The normalized spacial score (nSPS) is 23.4. The van der Waals surface area contributed by atoms with Crippen LogP contribution in [0, 0.1) is 12.8 Å². The molecule has 2 unspecified atom stereocenters. The van der Waals surface area contributed by atoms with Gasteiger partial charge in [0, 0.05) is 16.6 Å². The third-order valence-corrected chi connectivity index (χ3v) is 4.08. The van der Waals surface area contributed by atoms with Crippen molar-refractivity contribution in [1.29, 1.82) is 0 Å². The lowest BCUT2D eigenvalue weighted by atomic mass is 10.0. The Bertz CT molecular complexity index is 441. The number of halogens is 1. The molecule has 1 aliphatic heterocycles. The summed E-state index contributed by atoms with van der Waals surface area (Å²) in [6.45, 7) is 4.83. The molecule has 0 aliphatic carbocycles. The Morgan fingerprint density at radius 1 is 1.50 bits per heavy atom. The monoisotopic (exact) mass is 311 g/mol. The van der Waals surface area contributed by atoms with E-state index >= 15 is 0 Å². The molecule has 1 aromatic rings. The maximum atomic E-state index is 12.5. The molecule has 1 aromatic carbocycles. The first kappa shape index (κ1) is 13.6. The summed E-state index contributed by atoms with van der Waals surface area (Å²) in [4.78, 5) is 14.3. The zero-order chi connectivity index (χ0) is 13.3. The minimum atomic E-state index is -0.0446. The van der Waals surface area contributed by atoms with E-state index < -0.39 is 0 Å². The molecule has 2 rings (SSSR count). The SMILES string of the molecule is Cc1cc(Br)cc(C(=O)N2CCC(C)C2CO)c1. The van der Waals surface area contributed by atoms with Crippen LogP contribution in [0.1, 0.15) is 29.3 Å². The average Bonchev–Trinajstić information content (AvgIpc) is 2.68. The van der Waals surface area contributed by atoms with Crippen LogP contribution in [-0.4, -0.2) is 35.1 Å². The fourth-order valence-electron chi connectivity index (χ4n) is 2.56. The third kappa shape index (κ3) is 2.59. The molecule has 4 heteroatoms. The topological polar surface area (TPSA) is 40.5 Å². The minimum Gasteiger partial charge on any atom is -0.394 e.